The van der Waals surface area contributed by atoms with Gasteiger partial charge >= 0.3 is 0 Å². The summed E-state index contributed by atoms with van der Waals surface area (Å²) in [5, 5.41) is 16.9. The van der Waals surface area contributed by atoms with Crippen LogP contribution in [0.15, 0.2) is 18.2 Å². The fourth-order valence-corrected chi connectivity index (χ4v) is 2.03. The second-order valence-electron chi connectivity index (χ2n) is 4.93. The Hall–Kier alpha value is -2.35. The number of benzene rings is 1. The van der Waals surface area contributed by atoms with Crippen LogP contribution in [0.3, 0.4) is 0 Å². The highest BCUT2D eigenvalue weighted by Crippen LogP contribution is 2.09. The molecule has 0 saturated carbocycles. The number of hydrogen-bond acceptors (Lipinski definition) is 5. The molecule has 1 aromatic carbocycles. The highest BCUT2D eigenvalue weighted by Gasteiger charge is 2.11. The van der Waals surface area contributed by atoms with E-state index in [1.54, 1.807) is 10.7 Å². The maximum absolute atomic E-state index is 12.2. The zero-order valence-electron chi connectivity index (χ0n) is 12.8. The van der Waals surface area contributed by atoms with E-state index in [4.69, 9.17) is 12.2 Å². The smallest absolute Gasteiger partial charge is 0.257 e. The molecular weight excluding hydrogens is 300 g/mol. The van der Waals surface area contributed by atoms with Crippen molar-refractivity contribution in [2.75, 3.05) is 5.32 Å². The van der Waals surface area contributed by atoms with Crippen molar-refractivity contribution >= 4 is 29.2 Å². The van der Waals surface area contributed by atoms with E-state index < -0.39 is 0 Å². The Morgan fingerprint density at radius 3 is 2.77 bits per heavy atom. The van der Waals surface area contributed by atoms with Gasteiger partial charge in [0.05, 0.1) is 0 Å². The molecule has 22 heavy (non-hydrogen) atoms. The normalized spacial score (nSPS) is 10.3. The van der Waals surface area contributed by atoms with Gasteiger partial charge < -0.3 is 0 Å². The Morgan fingerprint density at radius 1 is 1.32 bits per heavy atom. The summed E-state index contributed by atoms with van der Waals surface area (Å²) >= 11 is 5.13. The topological polar surface area (TPSA) is 84.7 Å². The molecule has 1 aromatic heterocycles. The van der Waals surface area contributed by atoms with E-state index in [0.29, 0.717) is 18.1 Å². The van der Waals surface area contributed by atoms with Crippen LogP contribution in [-0.2, 0) is 6.54 Å². The number of anilines is 1. The Morgan fingerprint density at radius 2 is 2.09 bits per heavy atom. The minimum atomic E-state index is -0.268. The lowest BCUT2D eigenvalue weighted by atomic mass is 10.1. The maximum Gasteiger partial charge on any atom is 0.257 e. The van der Waals surface area contributed by atoms with Gasteiger partial charge in [-0.3, -0.25) is 15.4 Å². The molecule has 0 spiro atoms. The predicted molar refractivity (Wildman–Crippen MR) is 87.7 cm³/mol. The molecule has 1 amide bonds. The summed E-state index contributed by atoms with van der Waals surface area (Å²) in [6, 6.07) is 5.50. The number of hydrogen-bond donors (Lipinski definition) is 2. The van der Waals surface area contributed by atoms with Crippen molar-refractivity contribution < 1.29 is 4.79 Å². The fraction of sp³-hybridized carbons (Fsp3) is 0.357. The van der Waals surface area contributed by atoms with E-state index in [9.17, 15) is 4.79 Å². The van der Waals surface area contributed by atoms with Gasteiger partial charge in [0.15, 0.2) is 5.11 Å². The summed E-state index contributed by atoms with van der Waals surface area (Å²) in [7, 11) is 0. The Bertz CT molecular complexity index is 696. The van der Waals surface area contributed by atoms with Gasteiger partial charge in [-0.1, -0.05) is 18.1 Å². The van der Waals surface area contributed by atoms with Gasteiger partial charge in [-0.25, -0.2) is 4.68 Å². The molecule has 2 N–H and O–H groups in total. The minimum absolute atomic E-state index is 0.162. The molecule has 1 heterocycles. The van der Waals surface area contributed by atoms with Gasteiger partial charge in [-0.05, 0) is 66.2 Å². The number of aryl methyl sites for hydroxylation is 3. The van der Waals surface area contributed by atoms with Crippen molar-refractivity contribution in [3.05, 3.63) is 34.9 Å². The van der Waals surface area contributed by atoms with Crippen molar-refractivity contribution in [1.29, 1.82) is 0 Å². The van der Waals surface area contributed by atoms with E-state index in [-0.39, 0.29) is 11.0 Å². The van der Waals surface area contributed by atoms with Crippen LogP contribution >= 0.6 is 12.2 Å². The summed E-state index contributed by atoms with van der Waals surface area (Å²) in [6.07, 6.45) is 0.890. The second-order valence-corrected chi connectivity index (χ2v) is 5.34. The van der Waals surface area contributed by atoms with Crippen LogP contribution in [0, 0.1) is 13.8 Å². The standard InChI is InChI=1S/C14H18N6OS/c1-4-7-20-13(17-18-19-20)16-14(22)15-12(21)11-6-5-9(2)10(3)8-11/h5-6,8H,4,7H2,1-3H3,(H2,15,16,17,19,21,22). The van der Waals surface area contributed by atoms with Crippen LogP contribution in [0.5, 0.6) is 0 Å². The van der Waals surface area contributed by atoms with Crippen molar-refractivity contribution in [1.82, 2.24) is 25.5 Å². The summed E-state index contributed by atoms with van der Waals surface area (Å²) in [4.78, 5) is 12.2. The van der Waals surface area contributed by atoms with Crippen LogP contribution in [0.1, 0.15) is 34.8 Å². The zero-order chi connectivity index (χ0) is 16.1. The maximum atomic E-state index is 12.2. The van der Waals surface area contributed by atoms with Crippen molar-refractivity contribution in [3.63, 3.8) is 0 Å². The number of carbonyl (C=O) groups excluding carboxylic acids is 1. The van der Waals surface area contributed by atoms with Crippen molar-refractivity contribution in [2.45, 2.75) is 33.7 Å². The lowest BCUT2D eigenvalue weighted by Gasteiger charge is -2.10. The van der Waals surface area contributed by atoms with Gasteiger partial charge in [0.1, 0.15) is 0 Å². The number of tetrazole rings is 1. The molecule has 0 fully saturated rings. The quantitative estimate of drug-likeness (QED) is 0.837. The first-order valence-corrected chi connectivity index (χ1v) is 7.38. The number of aromatic nitrogens is 4. The number of nitrogens with one attached hydrogen (secondary N) is 2. The second kappa shape index (κ2) is 7.08. The molecule has 0 aliphatic carbocycles. The Balaban J connectivity index is 2.00. The molecule has 0 unspecified atom stereocenters. The van der Waals surface area contributed by atoms with E-state index >= 15 is 0 Å². The van der Waals surface area contributed by atoms with Gasteiger partial charge in [0, 0.05) is 12.1 Å². The number of carbonyl (C=O) groups is 1. The molecule has 0 aliphatic rings. The first-order chi connectivity index (χ1) is 10.5. The van der Waals surface area contributed by atoms with Crippen LogP contribution in [0.2, 0.25) is 0 Å². The Kier molecular flexibility index (Phi) is 5.16. The summed E-state index contributed by atoms with van der Waals surface area (Å²) < 4.78 is 1.59. The van der Waals surface area contributed by atoms with Gasteiger partial charge in [0.2, 0.25) is 5.95 Å². The van der Waals surface area contributed by atoms with E-state index in [1.165, 1.54) is 0 Å². The molecule has 8 heteroatoms. The molecule has 0 atom stereocenters. The van der Waals surface area contributed by atoms with Crippen LogP contribution < -0.4 is 10.6 Å². The largest absolute Gasteiger partial charge is 0.300 e. The van der Waals surface area contributed by atoms with Crippen LogP contribution in [-0.4, -0.2) is 31.2 Å². The van der Waals surface area contributed by atoms with Crippen LogP contribution in [0.25, 0.3) is 0 Å². The molecule has 0 saturated heterocycles. The average molecular weight is 318 g/mol. The molecule has 116 valence electrons. The number of nitrogens with zero attached hydrogens (tertiary/aromatic N) is 4. The summed E-state index contributed by atoms with van der Waals surface area (Å²) in [5.41, 5.74) is 2.75. The van der Waals surface area contributed by atoms with Crippen molar-refractivity contribution in [3.8, 4) is 0 Å². The zero-order valence-corrected chi connectivity index (χ0v) is 13.6. The lowest BCUT2D eigenvalue weighted by molar-refractivity contribution is 0.0977. The lowest BCUT2D eigenvalue weighted by Crippen LogP contribution is -2.35. The summed E-state index contributed by atoms with van der Waals surface area (Å²) in [6.45, 7) is 6.65. The summed E-state index contributed by atoms with van der Waals surface area (Å²) in [5.74, 6) is 0.141. The monoisotopic (exact) mass is 318 g/mol. The first-order valence-electron chi connectivity index (χ1n) is 6.97. The fourth-order valence-electron chi connectivity index (χ4n) is 1.85. The third kappa shape index (κ3) is 3.85. The predicted octanol–water partition coefficient (Wildman–Crippen LogP) is 1.83. The third-order valence-electron chi connectivity index (χ3n) is 3.19. The van der Waals surface area contributed by atoms with E-state index in [1.807, 2.05) is 32.9 Å². The number of thiocarbonyl (C=S) groups is 1. The van der Waals surface area contributed by atoms with Gasteiger partial charge in [0.25, 0.3) is 5.91 Å². The molecule has 0 bridgehead atoms. The first kappa shape index (κ1) is 16.0. The Labute approximate surface area is 134 Å². The number of rotatable bonds is 4. The van der Waals surface area contributed by atoms with E-state index in [0.717, 1.165) is 17.5 Å². The van der Waals surface area contributed by atoms with Gasteiger partial charge in [-0.15, -0.1) is 0 Å². The highest BCUT2D eigenvalue weighted by atomic mass is 32.1. The highest BCUT2D eigenvalue weighted by molar-refractivity contribution is 7.80. The molecule has 7 nitrogen and oxygen atoms in total. The average Bonchev–Trinajstić information content (AvgIpc) is 2.89. The molecule has 2 rings (SSSR count). The molecule has 0 aliphatic heterocycles. The third-order valence-corrected chi connectivity index (χ3v) is 3.39. The molecule has 2 aromatic rings. The van der Waals surface area contributed by atoms with Gasteiger partial charge in [-0.2, -0.15) is 0 Å². The van der Waals surface area contributed by atoms with Crippen molar-refractivity contribution in [2.24, 2.45) is 0 Å². The SMILES string of the molecule is CCCn1nnnc1NC(=S)NC(=O)c1ccc(C)c(C)c1. The molecular formula is C14H18N6OS. The van der Waals surface area contributed by atoms with Crippen LogP contribution in [0.4, 0.5) is 5.95 Å². The number of amides is 1. The molecule has 0 radical (unpaired) electrons. The van der Waals surface area contributed by atoms with E-state index in [2.05, 4.69) is 26.2 Å². The minimum Gasteiger partial charge on any atom is -0.300 e.